The van der Waals surface area contributed by atoms with E-state index in [2.05, 4.69) is 93.8 Å². The molecular weight excluding hydrogens is 1470 g/mol. The molecule has 0 bridgehead atoms. The number of imidazole rings is 1. The minimum Gasteiger partial charge on any atom is -0.494 e. The van der Waals surface area contributed by atoms with Gasteiger partial charge in [-0.1, -0.05) is 90.0 Å². The van der Waals surface area contributed by atoms with Crippen molar-refractivity contribution in [1.29, 1.82) is 0 Å². The van der Waals surface area contributed by atoms with Gasteiger partial charge in [-0.25, -0.2) is 9.37 Å². The second-order valence-corrected chi connectivity index (χ2v) is 27.5. The topological polar surface area (TPSA) is 599 Å². The highest BCUT2D eigenvalue weighted by atomic mass is 19.1. The van der Waals surface area contributed by atoms with E-state index in [0.29, 0.717) is 75.2 Å². The minimum atomic E-state index is -2.41. The van der Waals surface area contributed by atoms with Gasteiger partial charge in [-0.3, -0.25) is 57.5 Å². The van der Waals surface area contributed by atoms with Crippen LogP contribution in [0, 0.1) is 11.2 Å². The molecule has 39 heteroatoms. The van der Waals surface area contributed by atoms with Gasteiger partial charge in [0.1, 0.15) is 64.8 Å². The quantitative estimate of drug-likeness (QED) is 0.00698. The normalized spacial score (nSPS) is 14.1. The molecule has 0 radical (unpaired) electrons. The van der Waals surface area contributed by atoms with Gasteiger partial charge in [0.15, 0.2) is 5.82 Å². The molecule has 20 N–H and O–H groups in total. The molecule has 0 fully saturated rings. The maximum Gasteiger partial charge on any atom is 0.305 e. The van der Waals surface area contributed by atoms with Crippen LogP contribution < -0.4 is 69.4 Å². The number of nitrogens with two attached hydrogens (primary N) is 2. The average Bonchev–Trinajstić information content (AvgIpc) is 0.884. The number of aliphatic hydroxyl groups is 3. The van der Waals surface area contributed by atoms with E-state index in [1.54, 1.807) is 36.5 Å². The number of rotatable bonds is 47. The Bertz CT molecular complexity index is 4280. The fraction of sp³-hybridized carbons (Fsp3) is 0.459. The maximum atomic E-state index is 15.5. The number of azide groups is 1. The number of amides is 11. The minimum absolute atomic E-state index is 0.0446. The van der Waals surface area contributed by atoms with Crippen molar-refractivity contribution in [2.45, 2.75) is 179 Å². The maximum absolute atomic E-state index is 15.5. The van der Waals surface area contributed by atoms with Crippen LogP contribution in [-0.4, -0.2) is 215 Å². The number of aliphatic carboxylic acids is 1. The first-order valence-corrected chi connectivity index (χ1v) is 36.4. The molecule has 608 valence electrons. The molecule has 0 spiro atoms. The Morgan fingerprint density at radius 2 is 1.32 bits per heavy atom. The number of halogens is 1. The number of hydrogen-bond donors (Lipinski definition) is 18. The number of tetrazole rings is 1. The van der Waals surface area contributed by atoms with E-state index in [1.165, 1.54) is 38.4 Å². The number of H-pyrrole nitrogens is 2. The Hall–Kier alpha value is -12.3. The fourth-order valence-corrected chi connectivity index (χ4v) is 11.5. The molecule has 0 unspecified atom stereocenters. The third kappa shape index (κ3) is 27.9. The van der Waals surface area contributed by atoms with Crippen LogP contribution >= 0.6 is 0 Å². The van der Waals surface area contributed by atoms with Gasteiger partial charge < -0.3 is 94.8 Å². The number of carboxylic acids is 1. The Balaban J connectivity index is 1.17. The zero-order valence-corrected chi connectivity index (χ0v) is 63.3. The zero-order valence-electron chi connectivity index (χ0n) is 63.3. The molecule has 0 aliphatic carbocycles. The van der Waals surface area contributed by atoms with Gasteiger partial charge in [-0.2, -0.15) is 5.21 Å². The third-order valence-corrected chi connectivity index (χ3v) is 18.2. The van der Waals surface area contributed by atoms with Crippen molar-refractivity contribution in [1.82, 2.24) is 83.8 Å². The summed E-state index contributed by atoms with van der Waals surface area (Å²) in [6, 6.07) is 12.2. The van der Waals surface area contributed by atoms with Crippen LogP contribution in [0.2, 0.25) is 0 Å². The molecular formula is C74H98FN21O17. The van der Waals surface area contributed by atoms with Crippen LogP contribution in [-0.2, 0) is 103 Å². The van der Waals surface area contributed by atoms with E-state index in [0.717, 1.165) is 54.7 Å². The number of primary amides is 1. The van der Waals surface area contributed by atoms with E-state index < -0.39 is 175 Å². The molecule has 38 nitrogen and oxygen atoms in total. The number of carbonyl (C=O) groups excluding carboxylic acids is 11. The van der Waals surface area contributed by atoms with Gasteiger partial charge >= 0.3 is 5.97 Å². The highest BCUT2D eigenvalue weighted by Gasteiger charge is 2.43. The highest BCUT2D eigenvalue weighted by molar-refractivity contribution is 6.06. The Kier molecular flexibility index (Phi) is 34.8. The third-order valence-electron chi connectivity index (χ3n) is 18.2. The van der Waals surface area contributed by atoms with Gasteiger partial charge in [0.25, 0.3) is 0 Å². The van der Waals surface area contributed by atoms with Crippen molar-refractivity contribution in [2.24, 2.45) is 22.0 Å². The number of carbonyl (C=O) groups is 12. The molecule has 11 amide bonds. The second kappa shape index (κ2) is 43.9. The second-order valence-electron chi connectivity index (χ2n) is 27.5. The number of aryl methyl sites for hydroxylation is 2. The van der Waals surface area contributed by atoms with Crippen LogP contribution in [0.5, 0.6) is 5.75 Å². The summed E-state index contributed by atoms with van der Waals surface area (Å²) in [4.78, 5) is 176. The number of benzene rings is 4. The highest BCUT2D eigenvalue weighted by Crippen LogP contribution is 2.29. The summed E-state index contributed by atoms with van der Waals surface area (Å²) in [5, 5.41) is 83.2. The molecule has 2 heterocycles. The molecule has 10 atom stereocenters. The number of nitrogens with one attached hydrogen (secondary N) is 12. The molecule has 0 aliphatic heterocycles. The number of aliphatic hydroxyl groups excluding tert-OH is 3. The first-order valence-electron chi connectivity index (χ1n) is 36.4. The van der Waals surface area contributed by atoms with Gasteiger partial charge in [0.05, 0.1) is 44.7 Å². The van der Waals surface area contributed by atoms with E-state index >= 15 is 4.39 Å². The van der Waals surface area contributed by atoms with Crippen LogP contribution in [0.1, 0.15) is 113 Å². The van der Waals surface area contributed by atoms with Crippen LogP contribution in [0.15, 0.2) is 109 Å². The van der Waals surface area contributed by atoms with Crippen molar-refractivity contribution >= 4 is 70.9 Å². The molecule has 113 heavy (non-hydrogen) atoms. The SMILES string of the molecule is CCc1cc(OCCCCN=[N+]=[N-])ccc1-c1ccc(C[C@H](NC(=O)[C@H](CC(=O)O)NC(=O)[C@H](CO)NC(=O)[C@@H](NC(=O)[C@](C)(Cc2ccccc2F)NC(=O)[C@@H](NC(=O)CNC(=O)[C@H](Cc2nn[nH]n2)NC(=O)C(C)(C)C(=O)NCCc2cnc[nH]2)[C@@H](C)O)[C@@H](C)O)C(=O)N[C@@H](CCCc2ccc(CN)cc2)C(N)=O)cc1. The predicted octanol–water partition coefficient (Wildman–Crippen LogP) is -1.25. The summed E-state index contributed by atoms with van der Waals surface area (Å²) in [5.41, 5.74) is 21.3. The lowest BCUT2D eigenvalue weighted by Crippen LogP contribution is -2.67. The fourth-order valence-electron chi connectivity index (χ4n) is 11.5. The van der Waals surface area contributed by atoms with Crippen molar-refractivity contribution < 1.29 is 87.1 Å². The standard InChI is InChI=1S/C74H98FN21O17/c1-7-46-32-50(113-30-11-10-28-83-94-78)25-26-51(46)47-23-21-44(22-24-47)31-54(65(105)84-53(63(77)103)16-12-13-43-17-19-45(36-76)20-18-43)85-66(106)56(34-60(101)102)86-67(107)57(39-97)87-68(108)61(41(2)98)90-72(112)74(6,35-48-14-8-9-15-52(48)75)91-69(109)62(42(3)99)89-59(100)38-81-64(104)55(33-58-92-95-96-93-58)88-71(111)73(4,5)70(110)80-29-27-49-37-79-40-82-49/h8-9,14-15,17-26,32,37,40-42,53-57,61-62,97-99H,7,10-13,16,27-31,33-36,38-39,76H2,1-6H3,(H2,77,103)(H,79,82)(H,80,110)(H,81,104)(H,84,105)(H,85,106)(H,86,107)(H,87,108)(H,88,111)(H,89,100)(H,90,112)(H,91,109)(H,101,102)(H,92,93,95,96)/t41-,42-,53+,54+,55+,56+,57+,61+,62+,74+/m1/s1. The Morgan fingerprint density at radius 1 is 0.681 bits per heavy atom. The van der Waals surface area contributed by atoms with Crippen molar-refractivity contribution in [3.05, 3.63) is 159 Å². The number of aromatic nitrogens is 6. The first-order chi connectivity index (χ1) is 53.8. The molecule has 2 aromatic heterocycles. The van der Waals surface area contributed by atoms with E-state index in [1.807, 2.05) is 43.3 Å². The lowest BCUT2D eigenvalue weighted by Gasteiger charge is -2.34. The number of nitrogens with zero attached hydrogens (tertiary/aromatic N) is 7. The summed E-state index contributed by atoms with van der Waals surface area (Å²) < 4.78 is 21.5. The summed E-state index contributed by atoms with van der Waals surface area (Å²) in [7, 11) is 0. The van der Waals surface area contributed by atoms with Gasteiger partial charge in [-0.15, -0.1) is 10.2 Å². The number of hydrogen-bond acceptors (Lipinski definition) is 22. The smallest absolute Gasteiger partial charge is 0.305 e. The van der Waals surface area contributed by atoms with Crippen LogP contribution in [0.4, 0.5) is 4.39 Å². The van der Waals surface area contributed by atoms with Crippen LogP contribution in [0.3, 0.4) is 0 Å². The Labute approximate surface area is 648 Å². The first kappa shape index (κ1) is 89.6. The predicted molar refractivity (Wildman–Crippen MR) is 403 cm³/mol. The van der Waals surface area contributed by atoms with Gasteiger partial charge in [-0.05, 0) is 136 Å². The molecule has 6 aromatic rings. The number of carboxylic acid groups (broad SMARTS) is 1. The lowest BCUT2D eigenvalue weighted by atomic mass is 9.90. The summed E-state index contributed by atoms with van der Waals surface area (Å²) >= 11 is 0. The van der Waals surface area contributed by atoms with Crippen molar-refractivity contribution in [2.75, 3.05) is 32.8 Å². The lowest BCUT2D eigenvalue weighted by molar-refractivity contribution is -0.143. The zero-order chi connectivity index (χ0) is 83.0. The van der Waals surface area contributed by atoms with E-state index in [-0.39, 0.29) is 30.8 Å². The number of ether oxygens (including phenoxy) is 1. The monoisotopic (exact) mass is 1570 g/mol. The van der Waals surface area contributed by atoms with Crippen molar-refractivity contribution in [3.8, 4) is 16.9 Å². The molecule has 6 rings (SSSR count). The van der Waals surface area contributed by atoms with Gasteiger partial charge in [0, 0.05) is 62.1 Å². The Morgan fingerprint density at radius 3 is 1.94 bits per heavy atom. The average molecular weight is 1570 g/mol. The number of aromatic amines is 2. The summed E-state index contributed by atoms with van der Waals surface area (Å²) in [6.07, 6.45) is -0.165. The van der Waals surface area contributed by atoms with E-state index in [4.69, 9.17) is 21.7 Å². The largest absolute Gasteiger partial charge is 0.494 e. The van der Waals surface area contributed by atoms with Crippen molar-refractivity contribution in [3.63, 3.8) is 0 Å². The molecule has 0 saturated carbocycles. The number of unbranched alkanes of at least 4 members (excludes halogenated alkanes) is 1. The van der Waals surface area contributed by atoms with Gasteiger partial charge in [0.2, 0.25) is 65.0 Å². The molecule has 0 saturated heterocycles. The summed E-state index contributed by atoms with van der Waals surface area (Å²) in [6.45, 7) is 6.67. The van der Waals surface area contributed by atoms with Crippen LogP contribution in [0.25, 0.3) is 21.6 Å². The molecule has 0 aliphatic rings. The molecule has 4 aromatic carbocycles. The summed E-state index contributed by atoms with van der Waals surface area (Å²) in [5.74, 6) is -14.4. The van der Waals surface area contributed by atoms with E-state index in [9.17, 15) is 78.0 Å².